The molecule has 1 N–H and O–H groups in total. The Morgan fingerprint density at radius 1 is 1.16 bits per heavy atom. The van der Waals surface area contributed by atoms with E-state index in [-0.39, 0.29) is 17.6 Å². The molecular formula is C19H19FN2O2S. The van der Waals surface area contributed by atoms with Gasteiger partial charge < -0.3 is 5.32 Å². The van der Waals surface area contributed by atoms with Crippen molar-refractivity contribution in [2.45, 2.75) is 36.5 Å². The fourth-order valence-corrected chi connectivity index (χ4v) is 3.73. The van der Waals surface area contributed by atoms with Crippen molar-refractivity contribution in [1.82, 2.24) is 0 Å². The molecule has 25 heavy (non-hydrogen) atoms. The quantitative estimate of drug-likeness (QED) is 0.842. The zero-order chi connectivity index (χ0) is 18.2. The number of para-hydroxylation sites is 2. The van der Waals surface area contributed by atoms with Gasteiger partial charge in [-0.15, -0.1) is 11.8 Å². The minimum absolute atomic E-state index is 0.236. The zero-order valence-electron chi connectivity index (χ0n) is 14.2. The van der Waals surface area contributed by atoms with Crippen LogP contribution >= 0.6 is 11.8 Å². The van der Waals surface area contributed by atoms with Gasteiger partial charge in [0.1, 0.15) is 11.4 Å². The third kappa shape index (κ3) is 3.14. The van der Waals surface area contributed by atoms with Crippen molar-refractivity contribution in [3.05, 3.63) is 54.3 Å². The Morgan fingerprint density at radius 3 is 2.52 bits per heavy atom. The van der Waals surface area contributed by atoms with E-state index in [1.807, 2.05) is 6.07 Å². The van der Waals surface area contributed by atoms with Gasteiger partial charge in [0.2, 0.25) is 11.8 Å². The molecule has 0 saturated heterocycles. The van der Waals surface area contributed by atoms with Gasteiger partial charge in [-0.2, -0.15) is 0 Å². The van der Waals surface area contributed by atoms with Crippen LogP contribution in [0.25, 0.3) is 0 Å². The number of hydrogen-bond acceptors (Lipinski definition) is 3. The highest BCUT2D eigenvalue weighted by molar-refractivity contribution is 8.00. The molecule has 1 aliphatic heterocycles. The molecule has 0 fully saturated rings. The second-order valence-electron chi connectivity index (χ2n) is 6.39. The fraction of sp³-hybridized carbons (Fsp3) is 0.263. The summed E-state index contributed by atoms with van der Waals surface area (Å²) >= 11 is 1.15. The van der Waals surface area contributed by atoms with Gasteiger partial charge in [-0.05, 0) is 45.0 Å². The van der Waals surface area contributed by atoms with Crippen LogP contribution in [0.4, 0.5) is 15.8 Å². The number of benzene rings is 2. The van der Waals surface area contributed by atoms with Crippen LogP contribution < -0.4 is 10.2 Å². The maximum atomic E-state index is 13.9. The van der Waals surface area contributed by atoms with Crippen LogP contribution in [-0.4, -0.2) is 22.6 Å². The van der Waals surface area contributed by atoms with Gasteiger partial charge in [0, 0.05) is 4.90 Å². The van der Waals surface area contributed by atoms with Crippen molar-refractivity contribution in [3.63, 3.8) is 0 Å². The highest BCUT2D eigenvalue weighted by Crippen LogP contribution is 2.38. The Labute approximate surface area is 150 Å². The van der Waals surface area contributed by atoms with Gasteiger partial charge in [-0.1, -0.05) is 24.3 Å². The summed E-state index contributed by atoms with van der Waals surface area (Å²) in [6.45, 7) is 5.14. The maximum absolute atomic E-state index is 13.9. The van der Waals surface area contributed by atoms with Gasteiger partial charge in [0.25, 0.3) is 0 Å². The molecule has 2 amide bonds. The molecular weight excluding hydrogens is 339 g/mol. The van der Waals surface area contributed by atoms with E-state index in [0.717, 1.165) is 11.8 Å². The molecule has 0 aromatic heterocycles. The van der Waals surface area contributed by atoms with E-state index in [0.29, 0.717) is 16.3 Å². The third-order valence-corrected chi connectivity index (χ3v) is 5.36. The predicted octanol–water partition coefficient (Wildman–Crippen LogP) is 4.07. The minimum atomic E-state index is -1.03. The SMILES string of the molecule is CC(Sc1ccccc1F)C(=O)N1c2ccccc2NC(=O)C1(C)C. The lowest BCUT2D eigenvalue weighted by Crippen LogP contribution is -2.60. The van der Waals surface area contributed by atoms with Crippen LogP contribution in [0, 0.1) is 5.82 Å². The van der Waals surface area contributed by atoms with Gasteiger partial charge in [0.15, 0.2) is 0 Å². The summed E-state index contributed by atoms with van der Waals surface area (Å²) in [6.07, 6.45) is 0. The number of nitrogens with one attached hydrogen (secondary N) is 1. The number of hydrogen-bond donors (Lipinski definition) is 1. The van der Waals surface area contributed by atoms with E-state index in [1.54, 1.807) is 57.2 Å². The largest absolute Gasteiger partial charge is 0.322 e. The average molecular weight is 358 g/mol. The normalized spacial score (nSPS) is 16.8. The Morgan fingerprint density at radius 2 is 1.80 bits per heavy atom. The molecule has 2 aromatic rings. The lowest BCUT2D eigenvalue weighted by Gasteiger charge is -2.43. The fourth-order valence-electron chi connectivity index (χ4n) is 2.81. The van der Waals surface area contributed by atoms with E-state index in [2.05, 4.69) is 5.32 Å². The van der Waals surface area contributed by atoms with Crippen molar-refractivity contribution < 1.29 is 14.0 Å². The molecule has 4 nitrogen and oxygen atoms in total. The Bertz CT molecular complexity index is 838. The summed E-state index contributed by atoms with van der Waals surface area (Å²) < 4.78 is 13.9. The highest BCUT2D eigenvalue weighted by atomic mass is 32.2. The van der Waals surface area contributed by atoms with Crippen LogP contribution in [0.1, 0.15) is 20.8 Å². The first kappa shape index (κ1) is 17.5. The van der Waals surface area contributed by atoms with E-state index >= 15 is 0 Å². The number of amides is 2. The number of nitrogens with zero attached hydrogens (tertiary/aromatic N) is 1. The Hall–Kier alpha value is -2.34. The number of fused-ring (bicyclic) bond motifs is 1. The molecule has 0 radical (unpaired) electrons. The minimum Gasteiger partial charge on any atom is -0.322 e. The van der Waals surface area contributed by atoms with Crippen molar-refractivity contribution in [1.29, 1.82) is 0 Å². The molecule has 0 saturated carbocycles. The third-order valence-electron chi connectivity index (χ3n) is 4.22. The number of halogens is 1. The second kappa shape index (κ2) is 6.52. The van der Waals surface area contributed by atoms with Crippen molar-refractivity contribution in [2.75, 3.05) is 10.2 Å². The molecule has 2 aromatic carbocycles. The smallest absolute Gasteiger partial charge is 0.250 e. The average Bonchev–Trinajstić information content (AvgIpc) is 2.57. The first-order valence-electron chi connectivity index (χ1n) is 7.98. The topological polar surface area (TPSA) is 49.4 Å². The molecule has 0 aliphatic carbocycles. The summed E-state index contributed by atoms with van der Waals surface area (Å²) in [5.74, 6) is -0.841. The number of carbonyl (C=O) groups excluding carboxylic acids is 2. The van der Waals surface area contributed by atoms with Crippen molar-refractivity contribution in [3.8, 4) is 0 Å². The number of thioether (sulfide) groups is 1. The van der Waals surface area contributed by atoms with E-state index in [9.17, 15) is 14.0 Å². The van der Waals surface area contributed by atoms with Crippen LogP contribution in [0.15, 0.2) is 53.4 Å². The summed E-state index contributed by atoms with van der Waals surface area (Å²) in [5, 5.41) is 2.29. The Kier molecular flexibility index (Phi) is 4.56. The van der Waals surface area contributed by atoms with E-state index in [4.69, 9.17) is 0 Å². The van der Waals surface area contributed by atoms with Crippen molar-refractivity contribution >= 4 is 35.0 Å². The van der Waals surface area contributed by atoms with Gasteiger partial charge in [-0.3, -0.25) is 14.5 Å². The van der Waals surface area contributed by atoms with Crippen LogP contribution in [-0.2, 0) is 9.59 Å². The second-order valence-corrected chi connectivity index (χ2v) is 7.78. The van der Waals surface area contributed by atoms with Gasteiger partial charge >= 0.3 is 0 Å². The molecule has 1 aliphatic rings. The standard InChI is InChI=1S/C19H19FN2O2S/c1-12(25-16-11-7-4-8-13(16)20)17(23)22-15-10-6-5-9-14(15)21-18(24)19(22,2)3/h4-12H,1-3H3,(H,21,24). The maximum Gasteiger partial charge on any atom is 0.250 e. The molecule has 1 atom stereocenters. The lowest BCUT2D eigenvalue weighted by molar-refractivity contribution is -0.126. The monoisotopic (exact) mass is 358 g/mol. The molecule has 1 heterocycles. The highest BCUT2D eigenvalue weighted by Gasteiger charge is 2.44. The summed E-state index contributed by atoms with van der Waals surface area (Å²) in [6, 6.07) is 13.5. The zero-order valence-corrected chi connectivity index (χ0v) is 15.1. The van der Waals surface area contributed by atoms with Crippen LogP contribution in [0.5, 0.6) is 0 Å². The Balaban J connectivity index is 1.94. The first-order chi connectivity index (χ1) is 11.8. The lowest BCUT2D eigenvalue weighted by atomic mass is 9.96. The summed E-state index contributed by atoms with van der Waals surface area (Å²) in [7, 11) is 0. The summed E-state index contributed by atoms with van der Waals surface area (Å²) in [4.78, 5) is 27.5. The van der Waals surface area contributed by atoms with Crippen LogP contribution in [0.2, 0.25) is 0 Å². The molecule has 130 valence electrons. The molecule has 6 heteroatoms. The van der Waals surface area contributed by atoms with Crippen molar-refractivity contribution in [2.24, 2.45) is 0 Å². The van der Waals surface area contributed by atoms with Gasteiger partial charge in [0.05, 0.1) is 16.6 Å². The van der Waals surface area contributed by atoms with E-state index in [1.165, 1.54) is 11.0 Å². The molecule has 3 rings (SSSR count). The number of rotatable bonds is 3. The number of carbonyl (C=O) groups is 2. The van der Waals surface area contributed by atoms with Gasteiger partial charge in [-0.25, -0.2) is 4.39 Å². The molecule has 1 unspecified atom stereocenters. The molecule has 0 bridgehead atoms. The first-order valence-corrected chi connectivity index (χ1v) is 8.86. The van der Waals surface area contributed by atoms with E-state index < -0.39 is 10.8 Å². The number of anilines is 2. The predicted molar refractivity (Wildman–Crippen MR) is 98.4 cm³/mol. The van der Waals surface area contributed by atoms with Crippen LogP contribution in [0.3, 0.4) is 0 Å². The summed E-state index contributed by atoms with van der Waals surface area (Å²) in [5.41, 5.74) is 0.219. The molecule has 0 spiro atoms.